The van der Waals surface area contributed by atoms with Crippen LogP contribution in [0.1, 0.15) is 34.6 Å². The topological polar surface area (TPSA) is 256 Å². The normalized spacial score (nSPS) is 11.8. The number of hydrogen-bond donors (Lipinski definition) is 6. The number of amides is 6. The SMILES string of the molecule is O=C(CCOCCOCCOCCOCCNC(=O)OCC1c2ccccc2-c2ccccc21)NCC(=O)NCC(=O)N[C@@H](Cc1ccccc1)C(=O)NCC(=O)NCOCC(=O)OCc1ccccc1. The first kappa shape index (κ1) is 54.7. The van der Waals surface area contributed by atoms with Crippen LogP contribution in [0.3, 0.4) is 0 Å². The minimum absolute atomic E-state index is 0.00658. The lowest BCUT2D eigenvalue weighted by atomic mass is 9.98. The van der Waals surface area contributed by atoms with Crippen LogP contribution in [-0.4, -0.2) is 147 Å². The lowest BCUT2D eigenvalue weighted by molar-refractivity contribution is -0.151. The van der Waals surface area contributed by atoms with Crippen LogP contribution in [0.4, 0.5) is 4.79 Å². The summed E-state index contributed by atoms with van der Waals surface area (Å²) in [6, 6.07) is 33.2. The van der Waals surface area contributed by atoms with E-state index in [1.165, 1.54) is 11.1 Å². The molecule has 0 saturated carbocycles. The smallest absolute Gasteiger partial charge is 0.407 e. The third-order valence-corrected chi connectivity index (χ3v) is 10.5. The van der Waals surface area contributed by atoms with Gasteiger partial charge in [0.2, 0.25) is 29.5 Å². The van der Waals surface area contributed by atoms with Crippen LogP contribution >= 0.6 is 0 Å². The van der Waals surface area contributed by atoms with E-state index in [-0.39, 0.29) is 65.1 Å². The highest BCUT2D eigenvalue weighted by Crippen LogP contribution is 2.44. The summed E-state index contributed by atoms with van der Waals surface area (Å²) in [4.78, 5) is 86.9. The van der Waals surface area contributed by atoms with E-state index in [0.29, 0.717) is 39.6 Å². The summed E-state index contributed by atoms with van der Waals surface area (Å²) in [7, 11) is 0. The Morgan fingerprint density at radius 1 is 0.479 bits per heavy atom. The number of esters is 1. The molecule has 1 atom stereocenters. The highest BCUT2D eigenvalue weighted by molar-refractivity contribution is 5.93. The minimum Gasteiger partial charge on any atom is -0.459 e. The number of carbonyl (C=O) groups is 7. The number of fused-ring (bicyclic) bond motifs is 3. The first-order chi connectivity index (χ1) is 34.7. The number of nitrogens with one attached hydrogen (secondary N) is 6. The van der Waals surface area contributed by atoms with Crippen molar-refractivity contribution >= 4 is 41.6 Å². The summed E-state index contributed by atoms with van der Waals surface area (Å²) in [5.41, 5.74) is 6.18. The van der Waals surface area contributed by atoms with Crippen LogP contribution in [-0.2, 0) is 75.0 Å². The van der Waals surface area contributed by atoms with E-state index in [1.807, 2.05) is 54.6 Å². The molecule has 4 aromatic carbocycles. The van der Waals surface area contributed by atoms with Crippen LogP contribution in [0.15, 0.2) is 109 Å². The van der Waals surface area contributed by atoms with E-state index < -0.39 is 67.3 Å². The molecule has 1 aliphatic carbocycles. The van der Waals surface area contributed by atoms with Crippen LogP contribution < -0.4 is 31.9 Å². The Kier molecular flexibility index (Phi) is 24.5. The largest absolute Gasteiger partial charge is 0.459 e. The van der Waals surface area contributed by atoms with Crippen molar-refractivity contribution in [1.82, 2.24) is 31.9 Å². The van der Waals surface area contributed by atoms with E-state index in [1.54, 1.807) is 30.3 Å². The van der Waals surface area contributed by atoms with Gasteiger partial charge in [-0.05, 0) is 33.4 Å². The second-order valence-electron chi connectivity index (χ2n) is 15.8. The van der Waals surface area contributed by atoms with Gasteiger partial charge in [-0.3, -0.25) is 24.0 Å². The van der Waals surface area contributed by atoms with Gasteiger partial charge < -0.3 is 65.1 Å². The molecular weight excluding hydrogens is 921 g/mol. The second-order valence-corrected chi connectivity index (χ2v) is 15.8. The number of alkyl carbamates (subject to hydrolysis) is 1. The van der Waals surface area contributed by atoms with Crippen molar-refractivity contribution < 1.29 is 66.7 Å². The quantitative estimate of drug-likeness (QED) is 0.0227. The lowest BCUT2D eigenvalue weighted by Crippen LogP contribution is -2.52. The molecule has 0 saturated heterocycles. The van der Waals surface area contributed by atoms with Gasteiger partial charge in [0.05, 0.1) is 72.5 Å². The van der Waals surface area contributed by atoms with E-state index >= 15 is 0 Å². The summed E-state index contributed by atoms with van der Waals surface area (Å²) in [6.07, 6.45) is -0.419. The fourth-order valence-corrected chi connectivity index (χ4v) is 7.01. The van der Waals surface area contributed by atoms with Crippen molar-refractivity contribution in [2.75, 3.05) is 99.0 Å². The summed E-state index contributed by atoms with van der Waals surface area (Å²) in [5.74, 6) is -3.63. The molecule has 6 amide bonds. The Morgan fingerprint density at radius 3 is 1.65 bits per heavy atom. The third kappa shape index (κ3) is 21.1. The van der Waals surface area contributed by atoms with E-state index in [9.17, 15) is 33.6 Å². The highest BCUT2D eigenvalue weighted by atomic mass is 16.6. The zero-order valence-corrected chi connectivity index (χ0v) is 39.5. The van der Waals surface area contributed by atoms with Crippen molar-refractivity contribution in [1.29, 1.82) is 0 Å². The average molecular weight is 983 g/mol. The van der Waals surface area contributed by atoms with Gasteiger partial charge >= 0.3 is 12.1 Å². The maximum absolute atomic E-state index is 13.1. The van der Waals surface area contributed by atoms with Crippen LogP contribution in [0.5, 0.6) is 0 Å². The number of hydrogen-bond acceptors (Lipinski definition) is 14. The minimum atomic E-state index is -1.10. The van der Waals surface area contributed by atoms with Gasteiger partial charge in [-0.2, -0.15) is 0 Å². The van der Waals surface area contributed by atoms with Gasteiger partial charge in [0, 0.05) is 25.3 Å². The highest BCUT2D eigenvalue weighted by Gasteiger charge is 2.29. The van der Waals surface area contributed by atoms with E-state index in [2.05, 4.69) is 56.2 Å². The van der Waals surface area contributed by atoms with Gasteiger partial charge in [-0.1, -0.05) is 109 Å². The van der Waals surface area contributed by atoms with Gasteiger partial charge in [-0.25, -0.2) is 9.59 Å². The van der Waals surface area contributed by atoms with Crippen LogP contribution in [0.25, 0.3) is 11.1 Å². The molecule has 6 N–H and O–H groups in total. The Labute approximate surface area is 412 Å². The first-order valence-electron chi connectivity index (χ1n) is 23.2. The lowest BCUT2D eigenvalue weighted by Gasteiger charge is -2.19. The van der Waals surface area contributed by atoms with Gasteiger partial charge in [0.15, 0.2) is 0 Å². The van der Waals surface area contributed by atoms with Crippen molar-refractivity contribution in [2.45, 2.75) is 31.4 Å². The maximum Gasteiger partial charge on any atom is 0.407 e. The molecule has 5 rings (SSSR count). The van der Waals surface area contributed by atoms with E-state index in [0.717, 1.165) is 22.3 Å². The molecule has 0 aromatic heterocycles. The maximum atomic E-state index is 13.1. The van der Waals surface area contributed by atoms with Gasteiger partial charge in [-0.15, -0.1) is 0 Å². The van der Waals surface area contributed by atoms with Crippen molar-refractivity contribution in [3.63, 3.8) is 0 Å². The summed E-state index contributed by atoms with van der Waals surface area (Å²) in [5, 5.41) is 15.0. The molecule has 0 radical (unpaired) electrons. The zero-order chi connectivity index (χ0) is 50.3. The number of carbonyl (C=O) groups excluding carboxylic acids is 7. The molecule has 0 unspecified atom stereocenters. The van der Waals surface area contributed by atoms with Gasteiger partial charge in [0.1, 0.15) is 32.6 Å². The molecule has 0 spiro atoms. The molecule has 1 aliphatic rings. The molecule has 0 heterocycles. The predicted octanol–water partition coefficient (Wildman–Crippen LogP) is 1.89. The Bertz CT molecular complexity index is 2260. The third-order valence-electron chi connectivity index (χ3n) is 10.5. The molecule has 380 valence electrons. The van der Waals surface area contributed by atoms with Crippen molar-refractivity contribution in [3.8, 4) is 11.1 Å². The molecule has 0 fully saturated rings. The number of ether oxygens (including phenoxy) is 7. The molecule has 0 aliphatic heterocycles. The molecule has 20 heteroatoms. The molecule has 4 aromatic rings. The number of rotatable bonds is 33. The monoisotopic (exact) mass is 982 g/mol. The molecule has 0 bridgehead atoms. The number of benzene rings is 4. The second kappa shape index (κ2) is 31.8. The zero-order valence-electron chi connectivity index (χ0n) is 39.5. The van der Waals surface area contributed by atoms with Crippen LogP contribution in [0, 0.1) is 0 Å². The Morgan fingerprint density at radius 2 is 1.00 bits per heavy atom. The van der Waals surface area contributed by atoms with Crippen molar-refractivity contribution in [3.05, 3.63) is 131 Å². The Hall–Kier alpha value is -7.23. The summed E-state index contributed by atoms with van der Waals surface area (Å²) < 4.78 is 37.7. The Balaban J connectivity index is 0.812. The van der Waals surface area contributed by atoms with Crippen LogP contribution in [0.2, 0.25) is 0 Å². The predicted molar refractivity (Wildman–Crippen MR) is 257 cm³/mol. The fraction of sp³-hybridized carbons (Fsp3) is 0.392. The summed E-state index contributed by atoms with van der Waals surface area (Å²) >= 11 is 0. The first-order valence-corrected chi connectivity index (χ1v) is 23.2. The van der Waals surface area contributed by atoms with E-state index in [4.69, 9.17) is 33.2 Å². The average Bonchev–Trinajstić information content (AvgIpc) is 3.71. The molecule has 71 heavy (non-hydrogen) atoms. The molecular formula is C51H62N6O14. The van der Waals surface area contributed by atoms with Crippen molar-refractivity contribution in [2.24, 2.45) is 0 Å². The standard InChI is InChI=1S/C51H62N6O14/c58-45(19-21-65-23-25-67-27-28-68-26-24-66-22-20-52-51(64)71-34-43-41-17-9-7-15-39(41)40-16-8-10-18-42(40)43)53-30-46(59)54-32-48(61)57-44(29-37-11-3-1-4-12-37)50(63)55-31-47(60)56-36-69-35-49(62)70-33-38-13-5-2-6-14-38/h1-18,43-44H,19-36H2,(H,52,64)(H,53,58)(H,54,59)(H,55,63)(H,56,60)(H,57,61)/t44-/m0/s1. The fourth-order valence-electron chi connectivity index (χ4n) is 7.01. The van der Waals surface area contributed by atoms with Gasteiger partial charge in [0.25, 0.3) is 0 Å². The molecule has 20 nitrogen and oxygen atoms in total. The summed E-state index contributed by atoms with van der Waals surface area (Å²) in [6.45, 7) is 0.888.